The van der Waals surface area contributed by atoms with Crippen molar-refractivity contribution in [3.8, 4) is 0 Å². The van der Waals surface area contributed by atoms with Crippen molar-refractivity contribution in [3.05, 3.63) is 44.9 Å². The fraction of sp³-hybridized carbons (Fsp3) is 0.389. The number of carbonyl (C=O) groups is 2. The van der Waals surface area contributed by atoms with E-state index in [0.29, 0.717) is 34.1 Å². The Labute approximate surface area is 192 Å². The van der Waals surface area contributed by atoms with E-state index < -0.39 is 5.91 Å². The fourth-order valence-electron chi connectivity index (χ4n) is 2.85. The first kappa shape index (κ1) is 23.3. The van der Waals surface area contributed by atoms with E-state index in [-0.39, 0.29) is 23.5 Å². The number of hydrogen-bond acceptors (Lipinski definition) is 8. The van der Waals surface area contributed by atoms with E-state index in [1.54, 1.807) is 11.4 Å². The first-order valence-corrected chi connectivity index (χ1v) is 11.7. The summed E-state index contributed by atoms with van der Waals surface area (Å²) in [6, 6.07) is 5.62. The van der Waals surface area contributed by atoms with Crippen LogP contribution in [0.5, 0.6) is 0 Å². The Bertz CT molecular complexity index is 898. The number of benzene rings is 1. The van der Waals surface area contributed by atoms with E-state index in [2.05, 4.69) is 15.2 Å². The lowest BCUT2D eigenvalue weighted by molar-refractivity contribution is -0.119. The molecule has 1 unspecified atom stereocenters. The summed E-state index contributed by atoms with van der Waals surface area (Å²) in [4.78, 5) is 29.9. The number of halogens is 2. The van der Waals surface area contributed by atoms with Crippen LogP contribution in [0.3, 0.4) is 0 Å². The van der Waals surface area contributed by atoms with Gasteiger partial charge >= 0.3 is 0 Å². The van der Waals surface area contributed by atoms with Crippen molar-refractivity contribution < 1.29 is 14.3 Å². The molecule has 1 aliphatic rings. The van der Waals surface area contributed by atoms with Crippen LogP contribution in [0.2, 0.25) is 10.0 Å². The zero-order valence-corrected chi connectivity index (χ0v) is 19.0. The average Bonchev–Trinajstić information content (AvgIpc) is 3.22. The molecule has 3 rings (SSSR count). The molecule has 0 spiro atoms. The maximum Gasteiger partial charge on any atom is 0.284 e. The maximum absolute atomic E-state index is 12.1. The van der Waals surface area contributed by atoms with Crippen LogP contribution < -0.4 is 16.6 Å². The molecule has 30 heavy (non-hydrogen) atoms. The summed E-state index contributed by atoms with van der Waals surface area (Å²) in [5.41, 5.74) is 3.35. The number of nitrogen functional groups attached to an aromatic ring is 1. The second-order valence-corrected chi connectivity index (χ2v) is 9.44. The summed E-state index contributed by atoms with van der Waals surface area (Å²) < 4.78 is 6.40. The summed E-state index contributed by atoms with van der Waals surface area (Å²) in [5.74, 6) is 4.71. The molecule has 8 nitrogen and oxygen atoms in total. The molecule has 1 aromatic heterocycles. The first-order chi connectivity index (χ1) is 14.4. The van der Waals surface area contributed by atoms with Crippen LogP contribution in [0.15, 0.2) is 27.9 Å². The summed E-state index contributed by atoms with van der Waals surface area (Å²) in [5, 5.41) is 5.57. The number of hydrogen-bond donors (Lipinski definition) is 3. The van der Waals surface area contributed by atoms with E-state index in [0.717, 1.165) is 18.7 Å². The number of rotatable bonds is 8. The number of nitrogens with two attached hydrogens (primary N) is 1. The van der Waals surface area contributed by atoms with E-state index in [1.807, 2.05) is 17.6 Å². The highest BCUT2D eigenvalue weighted by molar-refractivity contribution is 8.01. The number of nitrogens with one attached hydrogen (secondary N) is 2. The number of amides is 2. The van der Waals surface area contributed by atoms with Crippen LogP contribution in [0, 0.1) is 0 Å². The maximum atomic E-state index is 12.1. The minimum absolute atomic E-state index is 0.0878. The van der Waals surface area contributed by atoms with Crippen molar-refractivity contribution in [2.45, 2.75) is 17.0 Å². The van der Waals surface area contributed by atoms with Gasteiger partial charge in [-0.1, -0.05) is 41.0 Å². The molecule has 4 N–H and O–H groups in total. The van der Waals surface area contributed by atoms with Gasteiger partial charge in [0.2, 0.25) is 5.91 Å². The molecule has 1 aromatic carbocycles. The monoisotopic (exact) mass is 489 g/mol. The van der Waals surface area contributed by atoms with E-state index in [4.69, 9.17) is 33.8 Å². The Morgan fingerprint density at radius 3 is 2.97 bits per heavy atom. The lowest BCUT2D eigenvalue weighted by Gasteiger charge is -2.33. The topological polar surface area (TPSA) is 110 Å². The number of carbonyl (C=O) groups excluding carboxylic acids is 2. The zero-order valence-electron chi connectivity index (χ0n) is 15.9. The van der Waals surface area contributed by atoms with Crippen molar-refractivity contribution in [2.75, 3.05) is 32.0 Å². The SMILES string of the molecule is NNC(=O)c1csc(SCC(=O)NCC2CN(Cc3ccc(Cl)c(Cl)c3)CCO2)n1. The average molecular weight is 490 g/mol. The van der Waals surface area contributed by atoms with Crippen molar-refractivity contribution in [2.24, 2.45) is 5.84 Å². The van der Waals surface area contributed by atoms with E-state index >= 15 is 0 Å². The third kappa shape index (κ3) is 6.81. The molecule has 1 fully saturated rings. The molecule has 2 heterocycles. The summed E-state index contributed by atoms with van der Waals surface area (Å²) >= 11 is 14.6. The van der Waals surface area contributed by atoms with Gasteiger partial charge < -0.3 is 10.1 Å². The second-order valence-electron chi connectivity index (χ2n) is 6.54. The molecule has 12 heteroatoms. The Kier molecular flexibility index (Phi) is 8.75. The molecule has 1 aliphatic heterocycles. The number of aromatic nitrogens is 1. The van der Waals surface area contributed by atoms with Gasteiger partial charge in [-0.2, -0.15) is 0 Å². The van der Waals surface area contributed by atoms with E-state index in [1.165, 1.54) is 23.1 Å². The number of morpholine rings is 1. The van der Waals surface area contributed by atoms with Gasteiger partial charge in [-0.15, -0.1) is 11.3 Å². The molecule has 1 atom stereocenters. The fourth-order valence-corrected chi connectivity index (χ4v) is 4.81. The Hall–Kier alpha value is -1.40. The van der Waals surface area contributed by atoms with Gasteiger partial charge in [0.15, 0.2) is 4.34 Å². The highest BCUT2D eigenvalue weighted by Gasteiger charge is 2.21. The molecular formula is C18H21Cl2N5O3S2. The smallest absolute Gasteiger partial charge is 0.284 e. The minimum atomic E-state index is -0.456. The Balaban J connectivity index is 1.40. The largest absolute Gasteiger partial charge is 0.374 e. The van der Waals surface area contributed by atoms with Gasteiger partial charge in [0.1, 0.15) is 5.69 Å². The highest BCUT2D eigenvalue weighted by Crippen LogP contribution is 2.24. The third-order valence-corrected chi connectivity index (χ3v) is 7.07. The quantitative estimate of drug-likeness (QED) is 0.225. The van der Waals surface area contributed by atoms with Crippen LogP contribution in [-0.2, 0) is 16.1 Å². The molecule has 162 valence electrons. The van der Waals surface area contributed by atoms with Crippen LogP contribution in [0.1, 0.15) is 16.1 Å². The summed E-state index contributed by atoms with van der Waals surface area (Å²) in [6.07, 6.45) is -0.0878. The molecule has 0 aliphatic carbocycles. The number of thiazole rings is 1. The molecule has 0 saturated carbocycles. The van der Waals surface area contributed by atoms with Crippen molar-refractivity contribution in [1.29, 1.82) is 0 Å². The third-order valence-electron chi connectivity index (χ3n) is 4.31. The van der Waals surface area contributed by atoms with Gasteiger partial charge in [-0.05, 0) is 17.7 Å². The molecular weight excluding hydrogens is 469 g/mol. The number of hydrazine groups is 1. The predicted octanol–water partition coefficient (Wildman–Crippen LogP) is 2.16. The molecule has 1 saturated heterocycles. The Morgan fingerprint density at radius 1 is 1.37 bits per heavy atom. The van der Waals surface area contributed by atoms with Crippen LogP contribution in [0.25, 0.3) is 0 Å². The van der Waals surface area contributed by atoms with Crippen LogP contribution in [-0.4, -0.2) is 59.8 Å². The van der Waals surface area contributed by atoms with Gasteiger partial charge in [-0.25, -0.2) is 10.8 Å². The van der Waals surface area contributed by atoms with Gasteiger partial charge in [-0.3, -0.25) is 19.9 Å². The molecule has 0 bridgehead atoms. The lowest BCUT2D eigenvalue weighted by atomic mass is 10.2. The van der Waals surface area contributed by atoms with Gasteiger partial charge in [0.25, 0.3) is 5.91 Å². The van der Waals surface area contributed by atoms with E-state index in [9.17, 15) is 9.59 Å². The van der Waals surface area contributed by atoms with Crippen molar-refractivity contribution >= 4 is 58.1 Å². The standard InChI is InChI=1S/C18H21Cl2N5O3S2/c19-13-2-1-11(5-14(13)20)7-25-3-4-28-12(8-25)6-22-16(26)10-30-18-23-15(9-29-18)17(27)24-21/h1-2,5,9,12H,3-4,6-8,10,21H2,(H,22,26)(H,24,27). The lowest BCUT2D eigenvalue weighted by Crippen LogP contribution is -2.47. The number of nitrogens with zero attached hydrogens (tertiary/aromatic N) is 2. The van der Waals surface area contributed by atoms with Crippen LogP contribution in [0.4, 0.5) is 0 Å². The second kappa shape index (κ2) is 11.3. The minimum Gasteiger partial charge on any atom is -0.374 e. The predicted molar refractivity (Wildman–Crippen MR) is 119 cm³/mol. The molecule has 0 radical (unpaired) electrons. The van der Waals surface area contributed by atoms with Crippen molar-refractivity contribution in [3.63, 3.8) is 0 Å². The number of ether oxygens (including phenoxy) is 1. The normalized spacial score (nSPS) is 17.0. The van der Waals surface area contributed by atoms with Gasteiger partial charge in [0, 0.05) is 31.6 Å². The Morgan fingerprint density at radius 2 is 2.20 bits per heavy atom. The van der Waals surface area contributed by atoms with Crippen LogP contribution >= 0.6 is 46.3 Å². The van der Waals surface area contributed by atoms with Gasteiger partial charge in [0.05, 0.1) is 28.5 Å². The highest BCUT2D eigenvalue weighted by atomic mass is 35.5. The molecule has 2 amide bonds. The number of thioether (sulfide) groups is 1. The summed E-state index contributed by atoms with van der Waals surface area (Å²) in [7, 11) is 0. The molecule has 2 aromatic rings. The summed E-state index contributed by atoms with van der Waals surface area (Å²) in [6.45, 7) is 3.28. The first-order valence-electron chi connectivity index (χ1n) is 9.08. The van der Waals surface area contributed by atoms with Crippen molar-refractivity contribution in [1.82, 2.24) is 20.6 Å². The zero-order chi connectivity index (χ0) is 21.5.